The van der Waals surface area contributed by atoms with Crippen LogP contribution in [0.25, 0.3) is 22.0 Å². The molecule has 4 N–H and O–H groups in total. The van der Waals surface area contributed by atoms with Crippen LogP contribution in [0.15, 0.2) is 72.8 Å². The van der Waals surface area contributed by atoms with Gasteiger partial charge in [-0.05, 0) is 34.7 Å². The Bertz CT molecular complexity index is 1240. The van der Waals surface area contributed by atoms with E-state index in [9.17, 15) is 15.0 Å². The number of nitrogens with one attached hydrogen (secondary N) is 2. The van der Waals surface area contributed by atoms with Crippen LogP contribution < -0.4 is 5.32 Å². The molecule has 0 saturated heterocycles. The molecule has 1 aromatic heterocycles. The second-order valence-corrected chi connectivity index (χ2v) is 8.21. The number of rotatable bonds is 7. The molecule has 4 aromatic rings. The number of carbonyl (C=O) groups excluding carboxylic acids is 1. The smallest absolute Gasteiger partial charge is 0.407 e. The number of hydrogen-bond acceptors (Lipinski definition) is 5. The average molecular weight is 444 g/mol. The molecule has 0 bridgehead atoms. The van der Waals surface area contributed by atoms with E-state index in [1.165, 1.54) is 11.1 Å². The van der Waals surface area contributed by atoms with Crippen LogP contribution in [0.1, 0.15) is 35.3 Å². The standard InChI is InChI=1S/C26H25N3O4/c30-23(25(31)24-20-11-5-6-12-22(20)28-29-24)13-14-27-26(32)33-15-21-18-9-3-1-7-16(18)17-8-2-4-10-19(17)21/h1-12,21,23,25,30-31H,13-15H2,(H,27,32)(H,28,29). The van der Waals surface area contributed by atoms with E-state index in [0.29, 0.717) is 5.69 Å². The van der Waals surface area contributed by atoms with Gasteiger partial charge in [0.25, 0.3) is 0 Å². The van der Waals surface area contributed by atoms with Gasteiger partial charge in [0.1, 0.15) is 12.7 Å². The van der Waals surface area contributed by atoms with Crippen LogP contribution in [-0.4, -0.2) is 45.8 Å². The minimum atomic E-state index is -1.14. The van der Waals surface area contributed by atoms with Crippen molar-refractivity contribution >= 4 is 17.0 Å². The predicted octanol–water partition coefficient (Wildman–Crippen LogP) is 3.89. The molecule has 7 heteroatoms. The zero-order valence-electron chi connectivity index (χ0n) is 17.9. The van der Waals surface area contributed by atoms with Crippen LogP contribution in [0.5, 0.6) is 0 Å². The molecule has 2 unspecified atom stereocenters. The molecule has 3 aromatic carbocycles. The van der Waals surface area contributed by atoms with E-state index >= 15 is 0 Å². The van der Waals surface area contributed by atoms with Gasteiger partial charge < -0.3 is 20.3 Å². The first-order valence-electron chi connectivity index (χ1n) is 11.0. The molecule has 168 valence electrons. The second-order valence-electron chi connectivity index (χ2n) is 8.21. The highest BCUT2D eigenvalue weighted by atomic mass is 16.5. The number of alkyl carbamates (subject to hydrolysis) is 1. The number of aromatic nitrogens is 2. The lowest BCUT2D eigenvalue weighted by Gasteiger charge is -2.18. The zero-order valence-corrected chi connectivity index (χ0v) is 17.9. The van der Waals surface area contributed by atoms with E-state index in [2.05, 4.69) is 39.8 Å². The Kier molecular flexibility index (Phi) is 5.81. The number of ether oxygens (including phenoxy) is 1. The first kappa shape index (κ1) is 21.2. The average Bonchev–Trinajstić information content (AvgIpc) is 3.42. The minimum Gasteiger partial charge on any atom is -0.449 e. The van der Waals surface area contributed by atoms with Gasteiger partial charge in [0.15, 0.2) is 0 Å². The number of fused-ring (bicyclic) bond motifs is 4. The Morgan fingerprint density at radius 3 is 2.33 bits per heavy atom. The summed E-state index contributed by atoms with van der Waals surface area (Å²) in [5.41, 5.74) is 5.82. The number of aliphatic hydroxyl groups excluding tert-OH is 2. The molecule has 5 rings (SSSR count). The first-order valence-corrected chi connectivity index (χ1v) is 11.0. The van der Waals surface area contributed by atoms with E-state index in [0.717, 1.165) is 22.0 Å². The number of amides is 1. The van der Waals surface area contributed by atoms with Crippen molar-refractivity contribution in [1.29, 1.82) is 0 Å². The summed E-state index contributed by atoms with van der Waals surface area (Å²) in [6, 6.07) is 23.7. The summed E-state index contributed by atoms with van der Waals surface area (Å²) < 4.78 is 5.50. The molecule has 1 aliphatic rings. The van der Waals surface area contributed by atoms with E-state index < -0.39 is 18.3 Å². The minimum absolute atomic E-state index is 0.00998. The van der Waals surface area contributed by atoms with E-state index in [1.54, 1.807) is 0 Å². The Balaban J connectivity index is 1.14. The molecule has 1 heterocycles. The third kappa shape index (κ3) is 4.08. The summed E-state index contributed by atoms with van der Waals surface area (Å²) in [6.45, 7) is 0.395. The van der Waals surface area contributed by atoms with Crippen LogP contribution in [-0.2, 0) is 4.74 Å². The fourth-order valence-electron chi connectivity index (χ4n) is 4.53. The van der Waals surface area contributed by atoms with Crippen molar-refractivity contribution in [2.24, 2.45) is 0 Å². The predicted molar refractivity (Wildman–Crippen MR) is 125 cm³/mol. The molecular weight excluding hydrogens is 418 g/mol. The highest BCUT2D eigenvalue weighted by molar-refractivity contribution is 5.81. The maximum atomic E-state index is 12.3. The van der Waals surface area contributed by atoms with Crippen molar-refractivity contribution in [3.05, 3.63) is 89.6 Å². The number of nitrogens with zero attached hydrogens (tertiary/aromatic N) is 1. The molecule has 0 spiro atoms. The van der Waals surface area contributed by atoms with Crippen molar-refractivity contribution in [2.45, 2.75) is 24.5 Å². The van der Waals surface area contributed by atoms with Gasteiger partial charge in [0.05, 0.1) is 17.3 Å². The second kappa shape index (κ2) is 9.05. The highest BCUT2D eigenvalue weighted by Crippen LogP contribution is 2.44. The third-order valence-electron chi connectivity index (χ3n) is 6.20. The Hall–Kier alpha value is -3.68. The summed E-state index contributed by atoms with van der Waals surface area (Å²) in [6.07, 6.45) is -2.59. The Labute approximate surface area is 191 Å². The molecular formula is C26H25N3O4. The van der Waals surface area contributed by atoms with Gasteiger partial charge in [-0.3, -0.25) is 5.10 Å². The Morgan fingerprint density at radius 1 is 0.970 bits per heavy atom. The van der Waals surface area contributed by atoms with Gasteiger partial charge in [-0.25, -0.2) is 4.79 Å². The normalized spacial score (nSPS) is 14.5. The molecule has 2 atom stereocenters. The van der Waals surface area contributed by atoms with Gasteiger partial charge in [-0.15, -0.1) is 0 Å². The first-order chi connectivity index (χ1) is 16.1. The fourth-order valence-corrected chi connectivity index (χ4v) is 4.53. The van der Waals surface area contributed by atoms with Crippen LogP contribution in [0.3, 0.4) is 0 Å². The van der Waals surface area contributed by atoms with Crippen LogP contribution >= 0.6 is 0 Å². The number of aliphatic hydroxyl groups is 2. The van der Waals surface area contributed by atoms with Gasteiger partial charge >= 0.3 is 6.09 Å². The van der Waals surface area contributed by atoms with E-state index in [1.807, 2.05) is 48.5 Å². The molecule has 0 fully saturated rings. The van der Waals surface area contributed by atoms with Crippen LogP contribution in [0.4, 0.5) is 4.79 Å². The van der Waals surface area contributed by atoms with E-state index in [4.69, 9.17) is 4.74 Å². The van der Waals surface area contributed by atoms with Gasteiger partial charge in [0, 0.05) is 17.8 Å². The molecule has 0 radical (unpaired) electrons. The SMILES string of the molecule is O=C(NCCC(O)C(O)c1[nH]nc2ccccc12)OCC1c2ccccc2-c2ccccc21. The van der Waals surface area contributed by atoms with Gasteiger partial charge in [-0.1, -0.05) is 66.7 Å². The number of benzene rings is 3. The van der Waals surface area contributed by atoms with Crippen molar-refractivity contribution in [3.8, 4) is 11.1 Å². The topological polar surface area (TPSA) is 107 Å². The number of hydrogen-bond donors (Lipinski definition) is 4. The molecule has 33 heavy (non-hydrogen) atoms. The lowest BCUT2D eigenvalue weighted by molar-refractivity contribution is 0.0119. The van der Waals surface area contributed by atoms with Crippen molar-refractivity contribution in [1.82, 2.24) is 15.5 Å². The van der Waals surface area contributed by atoms with Crippen molar-refractivity contribution in [3.63, 3.8) is 0 Å². The lowest BCUT2D eigenvalue weighted by Crippen LogP contribution is -2.30. The third-order valence-corrected chi connectivity index (χ3v) is 6.20. The molecule has 7 nitrogen and oxygen atoms in total. The number of para-hydroxylation sites is 1. The summed E-state index contributed by atoms with van der Waals surface area (Å²) >= 11 is 0. The maximum absolute atomic E-state index is 12.3. The van der Waals surface area contributed by atoms with E-state index in [-0.39, 0.29) is 25.5 Å². The fraction of sp³-hybridized carbons (Fsp3) is 0.231. The monoisotopic (exact) mass is 443 g/mol. The largest absolute Gasteiger partial charge is 0.449 e. The van der Waals surface area contributed by atoms with Crippen LogP contribution in [0, 0.1) is 0 Å². The summed E-state index contributed by atoms with van der Waals surface area (Å²) in [7, 11) is 0. The van der Waals surface area contributed by atoms with Gasteiger partial charge in [0.2, 0.25) is 0 Å². The number of carbonyl (C=O) groups is 1. The molecule has 0 aliphatic heterocycles. The summed E-state index contributed by atoms with van der Waals surface area (Å²) in [5, 5.41) is 31.3. The maximum Gasteiger partial charge on any atom is 0.407 e. The number of H-pyrrole nitrogens is 1. The summed E-state index contributed by atoms with van der Waals surface area (Å²) in [4.78, 5) is 12.3. The van der Waals surface area contributed by atoms with Crippen LogP contribution in [0.2, 0.25) is 0 Å². The quantitative estimate of drug-likeness (QED) is 0.347. The molecule has 0 saturated carbocycles. The number of aromatic amines is 1. The zero-order chi connectivity index (χ0) is 22.8. The summed E-state index contributed by atoms with van der Waals surface area (Å²) in [5.74, 6) is -0.00998. The lowest BCUT2D eigenvalue weighted by atomic mass is 9.98. The Morgan fingerprint density at radius 2 is 1.61 bits per heavy atom. The highest BCUT2D eigenvalue weighted by Gasteiger charge is 2.29. The van der Waals surface area contributed by atoms with Gasteiger partial charge in [-0.2, -0.15) is 5.10 Å². The van der Waals surface area contributed by atoms with Crippen molar-refractivity contribution < 1.29 is 19.7 Å². The molecule has 1 aliphatic carbocycles. The van der Waals surface area contributed by atoms with Crippen molar-refractivity contribution in [2.75, 3.05) is 13.2 Å². The molecule has 1 amide bonds.